The van der Waals surface area contributed by atoms with Gasteiger partial charge in [-0.05, 0) is 18.2 Å². The van der Waals surface area contributed by atoms with Crippen molar-refractivity contribution in [1.82, 2.24) is 10.2 Å². The highest BCUT2D eigenvalue weighted by atomic mass is 35.5. The first-order chi connectivity index (χ1) is 10.0. The molecular weight excluding hydrogens is 292 g/mol. The number of amides is 2. The van der Waals surface area contributed by atoms with Gasteiger partial charge in [0.2, 0.25) is 11.8 Å². The minimum atomic E-state index is -0.533. The maximum Gasteiger partial charge on any atom is 0.236 e. The Morgan fingerprint density at radius 3 is 2.57 bits per heavy atom. The number of hydrogen-bond acceptors (Lipinski definition) is 4. The van der Waals surface area contributed by atoms with Crippen molar-refractivity contribution < 1.29 is 9.59 Å². The van der Waals surface area contributed by atoms with E-state index in [0.29, 0.717) is 0 Å². The lowest BCUT2D eigenvalue weighted by Crippen LogP contribution is -2.50. The lowest BCUT2D eigenvalue weighted by atomic mass is 10.2. The zero-order valence-electron chi connectivity index (χ0n) is 11.7. The summed E-state index contributed by atoms with van der Waals surface area (Å²) in [6, 6.07) is 7.75. The van der Waals surface area contributed by atoms with Crippen molar-refractivity contribution in [2.75, 3.05) is 44.2 Å². The molecule has 0 atom stereocenters. The van der Waals surface area contributed by atoms with Crippen LogP contribution in [0.5, 0.6) is 0 Å². The summed E-state index contributed by atoms with van der Waals surface area (Å²) in [5, 5.41) is 3.22. The minimum Gasteiger partial charge on any atom is -0.369 e. The molecule has 0 bridgehead atoms. The molecule has 0 spiro atoms. The van der Waals surface area contributed by atoms with E-state index in [2.05, 4.69) is 15.1 Å². The second kappa shape index (κ2) is 7.28. The summed E-state index contributed by atoms with van der Waals surface area (Å²) in [5.74, 6) is -0.709. The van der Waals surface area contributed by atoms with Gasteiger partial charge in [-0.2, -0.15) is 0 Å². The molecule has 21 heavy (non-hydrogen) atoms. The molecule has 2 rings (SSSR count). The summed E-state index contributed by atoms with van der Waals surface area (Å²) >= 11 is 5.99. The fraction of sp³-hybridized carbons (Fsp3) is 0.429. The molecule has 3 N–H and O–H groups in total. The van der Waals surface area contributed by atoms with E-state index in [1.54, 1.807) is 0 Å². The number of piperazine rings is 1. The number of nitrogens with one attached hydrogen (secondary N) is 1. The normalized spacial score (nSPS) is 15.8. The molecule has 0 aliphatic carbocycles. The first kappa shape index (κ1) is 15.6. The van der Waals surface area contributed by atoms with Crippen LogP contribution in [0.3, 0.4) is 0 Å². The van der Waals surface area contributed by atoms with Gasteiger partial charge in [0.15, 0.2) is 0 Å². The topological polar surface area (TPSA) is 78.7 Å². The number of primary amides is 1. The van der Waals surface area contributed by atoms with Crippen LogP contribution in [0, 0.1) is 0 Å². The van der Waals surface area contributed by atoms with Gasteiger partial charge < -0.3 is 16.0 Å². The Balaban J connectivity index is 1.78. The van der Waals surface area contributed by atoms with Crippen LogP contribution in [0.1, 0.15) is 0 Å². The molecule has 114 valence electrons. The monoisotopic (exact) mass is 310 g/mol. The molecule has 2 amide bonds. The maximum absolute atomic E-state index is 11.6. The van der Waals surface area contributed by atoms with Crippen LogP contribution in [0.2, 0.25) is 5.02 Å². The summed E-state index contributed by atoms with van der Waals surface area (Å²) in [6.45, 7) is 3.43. The number of nitrogens with two attached hydrogens (primary N) is 1. The Kier molecular flexibility index (Phi) is 5.41. The molecule has 0 aromatic heterocycles. The number of nitrogens with zero attached hydrogens (tertiary/aromatic N) is 2. The average molecular weight is 311 g/mol. The van der Waals surface area contributed by atoms with Gasteiger partial charge in [-0.1, -0.05) is 17.7 Å². The molecule has 1 aliphatic heterocycles. The van der Waals surface area contributed by atoms with Crippen LogP contribution in [0.25, 0.3) is 0 Å². The third kappa shape index (κ3) is 4.91. The molecule has 0 unspecified atom stereocenters. The Morgan fingerprint density at radius 1 is 1.24 bits per heavy atom. The number of benzene rings is 1. The number of rotatable bonds is 5. The van der Waals surface area contributed by atoms with Gasteiger partial charge in [0, 0.05) is 36.9 Å². The molecule has 6 nitrogen and oxygen atoms in total. The van der Waals surface area contributed by atoms with Gasteiger partial charge in [0.25, 0.3) is 0 Å². The van der Waals surface area contributed by atoms with Crippen LogP contribution in [-0.2, 0) is 9.59 Å². The molecule has 1 heterocycles. The van der Waals surface area contributed by atoms with Crippen molar-refractivity contribution in [2.45, 2.75) is 0 Å². The van der Waals surface area contributed by atoms with E-state index in [-0.39, 0.29) is 19.0 Å². The number of halogens is 1. The van der Waals surface area contributed by atoms with E-state index in [1.165, 1.54) is 0 Å². The second-order valence-corrected chi connectivity index (χ2v) is 5.42. The van der Waals surface area contributed by atoms with E-state index >= 15 is 0 Å². The highest BCUT2D eigenvalue weighted by Gasteiger charge is 2.19. The Labute approximate surface area is 128 Å². The Morgan fingerprint density at radius 2 is 1.95 bits per heavy atom. The summed E-state index contributed by atoms with van der Waals surface area (Å²) < 4.78 is 0. The van der Waals surface area contributed by atoms with Gasteiger partial charge in [0.1, 0.15) is 0 Å². The quantitative estimate of drug-likeness (QED) is 0.806. The SMILES string of the molecule is NC(=O)CNC(=O)CN1CCN(c2cccc(Cl)c2)CC1. The minimum absolute atomic E-state index is 0.110. The molecule has 0 radical (unpaired) electrons. The summed E-state index contributed by atoms with van der Waals surface area (Å²) in [5.41, 5.74) is 6.08. The number of hydrogen-bond donors (Lipinski definition) is 2. The zero-order chi connectivity index (χ0) is 15.2. The van der Waals surface area contributed by atoms with E-state index in [4.69, 9.17) is 17.3 Å². The van der Waals surface area contributed by atoms with Crippen LogP contribution in [0.15, 0.2) is 24.3 Å². The van der Waals surface area contributed by atoms with E-state index in [0.717, 1.165) is 36.9 Å². The standard InChI is InChI=1S/C14H19ClN4O2/c15-11-2-1-3-12(8-11)19-6-4-18(5-7-19)10-14(21)17-9-13(16)20/h1-3,8H,4-7,9-10H2,(H2,16,20)(H,17,21). The molecule has 0 saturated carbocycles. The van der Waals surface area contributed by atoms with Crippen molar-refractivity contribution in [3.05, 3.63) is 29.3 Å². The van der Waals surface area contributed by atoms with Gasteiger partial charge in [0.05, 0.1) is 13.1 Å². The van der Waals surface area contributed by atoms with Crippen LogP contribution in [-0.4, -0.2) is 56.0 Å². The number of carbonyl (C=O) groups is 2. The van der Waals surface area contributed by atoms with Crippen molar-refractivity contribution in [2.24, 2.45) is 5.73 Å². The maximum atomic E-state index is 11.6. The summed E-state index contributed by atoms with van der Waals surface area (Å²) in [6.07, 6.45) is 0. The predicted octanol–water partition coefficient (Wildman–Crippen LogP) is 0.0635. The molecular formula is C14H19ClN4O2. The fourth-order valence-corrected chi connectivity index (χ4v) is 2.47. The van der Waals surface area contributed by atoms with Gasteiger partial charge >= 0.3 is 0 Å². The van der Waals surface area contributed by atoms with Crippen LogP contribution >= 0.6 is 11.6 Å². The van der Waals surface area contributed by atoms with E-state index in [9.17, 15) is 9.59 Å². The zero-order valence-corrected chi connectivity index (χ0v) is 12.5. The van der Waals surface area contributed by atoms with Crippen LogP contribution in [0.4, 0.5) is 5.69 Å². The van der Waals surface area contributed by atoms with Crippen molar-refractivity contribution in [3.63, 3.8) is 0 Å². The first-order valence-corrected chi connectivity index (χ1v) is 7.20. The lowest BCUT2D eigenvalue weighted by Gasteiger charge is -2.35. The summed E-state index contributed by atoms with van der Waals surface area (Å²) in [4.78, 5) is 26.5. The molecule has 1 saturated heterocycles. The Bertz CT molecular complexity index is 515. The van der Waals surface area contributed by atoms with E-state index < -0.39 is 5.91 Å². The summed E-state index contributed by atoms with van der Waals surface area (Å²) in [7, 11) is 0. The van der Waals surface area contributed by atoms with Crippen molar-refractivity contribution >= 4 is 29.1 Å². The highest BCUT2D eigenvalue weighted by Crippen LogP contribution is 2.20. The molecule has 1 aliphatic rings. The van der Waals surface area contributed by atoms with Crippen molar-refractivity contribution in [3.8, 4) is 0 Å². The van der Waals surface area contributed by atoms with Crippen LogP contribution < -0.4 is 16.0 Å². The molecule has 7 heteroatoms. The Hall–Kier alpha value is -1.79. The third-order valence-corrected chi connectivity index (χ3v) is 3.61. The van der Waals surface area contributed by atoms with Crippen molar-refractivity contribution in [1.29, 1.82) is 0 Å². The van der Waals surface area contributed by atoms with Gasteiger partial charge in [-0.25, -0.2) is 0 Å². The first-order valence-electron chi connectivity index (χ1n) is 6.82. The number of anilines is 1. The van der Waals surface area contributed by atoms with E-state index in [1.807, 2.05) is 24.3 Å². The predicted molar refractivity (Wildman–Crippen MR) is 82.3 cm³/mol. The molecule has 1 fully saturated rings. The van der Waals surface area contributed by atoms with Gasteiger partial charge in [-0.3, -0.25) is 14.5 Å². The largest absolute Gasteiger partial charge is 0.369 e. The third-order valence-electron chi connectivity index (χ3n) is 3.37. The second-order valence-electron chi connectivity index (χ2n) is 4.99. The smallest absolute Gasteiger partial charge is 0.236 e. The lowest BCUT2D eigenvalue weighted by molar-refractivity contribution is -0.125. The molecule has 1 aromatic rings. The molecule has 1 aromatic carbocycles. The highest BCUT2D eigenvalue weighted by molar-refractivity contribution is 6.30. The average Bonchev–Trinajstić information content (AvgIpc) is 2.46. The number of carbonyl (C=O) groups excluding carboxylic acids is 2. The van der Waals surface area contributed by atoms with Gasteiger partial charge in [-0.15, -0.1) is 0 Å². The fourth-order valence-electron chi connectivity index (χ4n) is 2.28.